The highest BCUT2D eigenvalue weighted by Gasteiger charge is 2.16. The van der Waals surface area contributed by atoms with Gasteiger partial charge >= 0.3 is 0 Å². The van der Waals surface area contributed by atoms with Crippen molar-refractivity contribution in [3.05, 3.63) is 63.3 Å². The molecule has 4 aromatic rings. The van der Waals surface area contributed by atoms with Crippen molar-refractivity contribution in [1.29, 1.82) is 0 Å². The van der Waals surface area contributed by atoms with Crippen molar-refractivity contribution >= 4 is 44.5 Å². The molecule has 1 amide bonds. The molecule has 28 heavy (non-hydrogen) atoms. The van der Waals surface area contributed by atoms with Crippen molar-refractivity contribution < 1.29 is 9.53 Å². The third kappa shape index (κ3) is 3.44. The van der Waals surface area contributed by atoms with Crippen LogP contribution >= 0.6 is 22.7 Å². The van der Waals surface area contributed by atoms with Gasteiger partial charge < -0.3 is 10.1 Å². The van der Waals surface area contributed by atoms with Crippen molar-refractivity contribution in [1.82, 2.24) is 9.55 Å². The van der Waals surface area contributed by atoms with Gasteiger partial charge in [0, 0.05) is 15.8 Å². The molecule has 0 unspecified atom stereocenters. The van der Waals surface area contributed by atoms with Crippen LogP contribution in [0.15, 0.2) is 52.2 Å². The lowest BCUT2D eigenvalue weighted by atomic mass is 10.2. The summed E-state index contributed by atoms with van der Waals surface area (Å²) < 4.78 is 6.62. The number of aryl methyl sites for hydroxylation is 1. The van der Waals surface area contributed by atoms with Crippen molar-refractivity contribution in [2.45, 2.75) is 13.5 Å². The molecule has 0 spiro atoms. The highest BCUT2D eigenvalue weighted by Crippen LogP contribution is 2.33. The minimum absolute atomic E-state index is 0.126. The maximum absolute atomic E-state index is 13.0. The summed E-state index contributed by atoms with van der Waals surface area (Å²) in [6.07, 6.45) is 1.42. The van der Waals surface area contributed by atoms with Crippen molar-refractivity contribution in [2.75, 3.05) is 12.4 Å². The minimum Gasteiger partial charge on any atom is -0.495 e. The summed E-state index contributed by atoms with van der Waals surface area (Å²) in [4.78, 5) is 31.6. The molecule has 0 atom stereocenters. The number of nitrogens with zero attached hydrogens (tertiary/aromatic N) is 2. The first-order valence-corrected chi connectivity index (χ1v) is 10.3. The fraction of sp³-hybridized carbons (Fsp3) is 0.150. The minimum atomic E-state index is -0.319. The molecular formula is C20H17N3O3S2. The van der Waals surface area contributed by atoms with Crippen LogP contribution in [0, 0.1) is 6.92 Å². The van der Waals surface area contributed by atoms with Gasteiger partial charge in [-0.2, -0.15) is 0 Å². The SMILES string of the molecule is COc1ccc(C)cc1NC(=O)Cn1cnc2scc(-c3cccs3)c2c1=O. The second kappa shape index (κ2) is 7.57. The molecule has 4 rings (SSSR count). The van der Waals surface area contributed by atoms with Crippen LogP contribution in [0.5, 0.6) is 5.75 Å². The average Bonchev–Trinajstić information content (AvgIpc) is 3.33. The molecule has 1 N–H and O–H groups in total. The van der Waals surface area contributed by atoms with Gasteiger partial charge in [0.05, 0.1) is 24.5 Å². The largest absolute Gasteiger partial charge is 0.495 e. The lowest BCUT2D eigenvalue weighted by Gasteiger charge is -2.12. The molecule has 0 saturated carbocycles. The first-order chi connectivity index (χ1) is 13.6. The van der Waals surface area contributed by atoms with Crippen molar-refractivity contribution in [2.24, 2.45) is 0 Å². The number of carbonyl (C=O) groups excluding carboxylic acids is 1. The molecule has 0 radical (unpaired) electrons. The molecule has 0 aliphatic heterocycles. The van der Waals surface area contributed by atoms with Crippen LogP contribution in [0.25, 0.3) is 20.7 Å². The quantitative estimate of drug-likeness (QED) is 0.536. The number of hydrogen-bond acceptors (Lipinski definition) is 6. The Kier molecular flexibility index (Phi) is 4.97. The van der Waals surface area contributed by atoms with E-state index in [1.165, 1.54) is 22.2 Å². The highest BCUT2D eigenvalue weighted by atomic mass is 32.1. The number of fused-ring (bicyclic) bond motifs is 1. The zero-order valence-electron chi connectivity index (χ0n) is 15.3. The molecule has 8 heteroatoms. The number of ether oxygens (including phenoxy) is 1. The van der Waals surface area contributed by atoms with Crippen LogP contribution in [0.4, 0.5) is 5.69 Å². The fourth-order valence-electron chi connectivity index (χ4n) is 2.96. The van der Waals surface area contributed by atoms with E-state index in [1.807, 2.05) is 41.9 Å². The number of anilines is 1. The number of benzene rings is 1. The van der Waals surface area contributed by atoms with Gasteiger partial charge in [-0.15, -0.1) is 22.7 Å². The second-order valence-electron chi connectivity index (χ2n) is 6.24. The van der Waals surface area contributed by atoms with E-state index in [1.54, 1.807) is 24.5 Å². The highest BCUT2D eigenvalue weighted by molar-refractivity contribution is 7.18. The molecule has 0 aliphatic rings. The first kappa shape index (κ1) is 18.4. The van der Waals surface area contributed by atoms with Gasteiger partial charge in [0.25, 0.3) is 5.56 Å². The van der Waals surface area contributed by atoms with Crippen molar-refractivity contribution in [3.63, 3.8) is 0 Å². The monoisotopic (exact) mass is 411 g/mol. The topological polar surface area (TPSA) is 73.2 Å². The molecule has 0 saturated heterocycles. The van der Waals surface area contributed by atoms with Crippen LogP contribution in [0.1, 0.15) is 5.56 Å². The molecule has 0 aliphatic carbocycles. The maximum atomic E-state index is 13.0. The van der Waals surface area contributed by atoms with E-state index in [-0.39, 0.29) is 18.0 Å². The zero-order valence-corrected chi connectivity index (χ0v) is 16.9. The Morgan fingerprint density at radius 2 is 2.14 bits per heavy atom. The summed E-state index contributed by atoms with van der Waals surface area (Å²) in [5.74, 6) is 0.248. The van der Waals surface area contributed by atoms with E-state index < -0.39 is 0 Å². The Morgan fingerprint density at radius 3 is 2.89 bits per heavy atom. The third-order valence-electron chi connectivity index (χ3n) is 4.29. The Hall–Kier alpha value is -2.97. The van der Waals surface area contributed by atoms with Gasteiger partial charge in [0.1, 0.15) is 17.1 Å². The number of nitrogens with one attached hydrogen (secondary N) is 1. The van der Waals surface area contributed by atoms with E-state index in [2.05, 4.69) is 10.3 Å². The average molecular weight is 412 g/mol. The molecule has 6 nitrogen and oxygen atoms in total. The molecule has 0 fully saturated rings. The van der Waals surface area contributed by atoms with Gasteiger partial charge in [0.15, 0.2) is 0 Å². The van der Waals surface area contributed by atoms with E-state index in [4.69, 9.17) is 4.74 Å². The van der Waals surface area contributed by atoms with E-state index in [0.29, 0.717) is 21.7 Å². The van der Waals surface area contributed by atoms with Crippen LogP contribution in [0.2, 0.25) is 0 Å². The van der Waals surface area contributed by atoms with Crippen LogP contribution < -0.4 is 15.6 Å². The summed E-state index contributed by atoms with van der Waals surface area (Å²) in [7, 11) is 1.55. The standard InChI is InChI=1S/C20H17N3O3S2/c1-12-5-6-15(26-2)14(8-12)22-17(24)9-23-11-21-19-18(20(23)25)13(10-28-19)16-4-3-7-27-16/h3-8,10-11H,9H2,1-2H3,(H,22,24). The predicted octanol–water partition coefficient (Wildman–Crippen LogP) is 4.14. The van der Waals surface area contributed by atoms with E-state index in [9.17, 15) is 9.59 Å². The summed E-state index contributed by atoms with van der Waals surface area (Å²) in [6, 6.07) is 9.44. The van der Waals surface area contributed by atoms with Gasteiger partial charge in [-0.1, -0.05) is 12.1 Å². The molecule has 142 valence electrons. The molecule has 0 bridgehead atoms. The number of methoxy groups -OCH3 is 1. The number of amides is 1. The molecule has 3 heterocycles. The lowest BCUT2D eigenvalue weighted by molar-refractivity contribution is -0.116. The number of carbonyl (C=O) groups is 1. The summed E-state index contributed by atoms with van der Waals surface area (Å²) in [6.45, 7) is 1.80. The van der Waals surface area contributed by atoms with Crippen LogP contribution in [-0.4, -0.2) is 22.6 Å². The fourth-order valence-corrected chi connectivity index (χ4v) is 4.68. The Morgan fingerprint density at radius 1 is 1.29 bits per heavy atom. The normalized spacial score (nSPS) is 10.9. The van der Waals surface area contributed by atoms with E-state index >= 15 is 0 Å². The molecular weight excluding hydrogens is 394 g/mol. The smallest absolute Gasteiger partial charge is 0.263 e. The Labute approximate surface area is 169 Å². The predicted molar refractivity (Wildman–Crippen MR) is 114 cm³/mol. The molecule has 1 aromatic carbocycles. The van der Waals surface area contributed by atoms with Crippen molar-refractivity contribution in [3.8, 4) is 16.2 Å². The number of aromatic nitrogens is 2. The first-order valence-electron chi connectivity index (χ1n) is 8.52. The number of rotatable bonds is 5. The van der Waals surface area contributed by atoms with E-state index in [0.717, 1.165) is 16.0 Å². The number of hydrogen-bond donors (Lipinski definition) is 1. The Balaban J connectivity index is 1.64. The third-order valence-corrected chi connectivity index (χ3v) is 6.08. The zero-order chi connectivity index (χ0) is 19.7. The van der Waals surface area contributed by atoms with Gasteiger partial charge in [-0.05, 0) is 36.1 Å². The molecule has 3 aromatic heterocycles. The second-order valence-corrected chi connectivity index (χ2v) is 8.04. The maximum Gasteiger partial charge on any atom is 0.263 e. The summed E-state index contributed by atoms with van der Waals surface area (Å²) in [5.41, 5.74) is 2.21. The number of thiophene rings is 2. The van der Waals surface area contributed by atoms with Crippen LogP contribution in [0.3, 0.4) is 0 Å². The van der Waals surface area contributed by atoms with Gasteiger partial charge in [-0.25, -0.2) is 4.98 Å². The summed E-state index contributed by atoms with van der Waals surface area (Å²) in [5, 5.41) is 7.27. The summed E-state index contributed by atoms with van der Waals surface area (Å²) >= 11 is 3.00. The Bertz CT molecular complexity index is 1210. The van der Waals surface area contributed by atoms with Gasteiger partial charge in [0.2, 0.25) is 5.91 Å². The lowest BCUT2D eigenvalue weighted by Crippen LogP contribution is -2.28. The van der Waals surface area contributed by atoms with Crippen LogP contribution in [-0.2, 0) is 11.3 Å². The van der Waals surface area contributed by atoms with Gasteiger partial charge in [-0.3, -0.25) is 14.2 Å².